The first-order chi connectivity index (χ1) is 15.1. The van der Waals surface area contributed by atoms with Gasteiger partial charge in [-0.3, -0.25) is 4.90 Å². The Balaban J connectivity index is 2.30. The van der Waals surface area contributed by atoms with Gasteiger partial charge in [0.1, 0.15) is 0 Å². The van der Waals surface area contributed by atoms with E-state index in [1.165, 1.54) is 11.1 Å². The topological polar surface area (TPSA) is 44.7 Å². The highest BCUT2D eigenvalue weighted by molar-refractivity contribution is 6.74. The summed E-state index contributed by atoms with van der Waals surface area (Å²) in [6, 6.07) is 20.9. The number of nitrogens with one attached hydrogen (secondary N) is 1. The smallest absolute Gasteiger partial charge is 0.192 e. The van der Waals surface area contributed by atoms with Crippen LogP contribution in [0.25, 0.3) is 0 Å². The molecule has 32 heavy (non-hydrogen) atoms. The summed E-state index contributed by atoms with van der Waals surface area (Å²) in [5, 5.41) is 14.8. The summed E-state index contributed by atoms with van der Waals surface area (Å²) >= 11 is 0. The molecule has 0 bridgehead atoms. The molecule has 0 saturated carbocycles. The third-order valence-corrected chi connectivity index (χ3v) is 11.1. The molecule has 0 fully saturated rings. The maximum atomic E-state index is 11.3. The number of aliphatic hydroxyl groups excluding tert-OH is 1. The van der Waals surface area contributed by atoms with E-state index in [1.807, 2.05) is 12.1 Å². The van der Waals surface area contributed by atoms with Crippen LogP contribution in [0.15, 0.2) is 60.7 Å². The number of rotatable bonds is 13. The van der Waals surface area contributed by atoms with Gasteiger partial charge >= 0.3 is 0 Å². The summed E-state index contributed by atoms with van der Waals surface area (Å²) in [7, 11) is -1.94. The molecule has 2 rings (SSSR count). The summed E-state index contributed by atoms with van der Waals surface area (Å²) in [6.07, 6.45) is 0.536. The minimum atomic E-state index is -1.94. The Kier molecular flexibility index (Phi) is 10.6. The van der Waals surface area contributed by atoms with E-state index in [2.05, 4.69) is 99.5 Å². The lowest BCUT2D eigenvalue weighted by Crippen LogP contribution is -2.52. The van der Waals surface area contributed by atoms with Crippen LogP contribution in [0.5, 0.6) is 0 Å². The summed E-state index contributed by atoms with van der Waals surface area (Å²) in [6.45, 7) is 17.0. The molecule has 2 aromatic rings. The van der Waals surface area contributed by atoms with E-state index in [4.69, 9.17) is 4.43 Å². The van der Waals surface area contributed by atoms with Gasteiger partial charge in [0.2, 0.25) is 0 Å². The molecule has 0 aliphatic carbocycles. The third kappa shape index (κ3) is 8.45. The molecule has 0 amide bonds. The van der Waals surface area contributed by atoms with E-state index in [0.717, 1.165) is 26.1 Å². The quantitative estimate of drug-likeness (QED) is 0.311. The fourth-order valence-electron chi connectivity index (χ4n) is 3.46. The summed E-state index contributed by atoms with van der Waals surface area (Å²) in [4.78, 5) is 2.39. The summed E-state index contributed by atoms with van der Waals surface area (Å²) in [5.41, 5.74) is 2.49. The van der Waals surface area contributed by atoms with Crippen molar-refractivity contribution >= 4 is 8.32 Å². The van der Waals surface area contributed by atoms with Gasteiger partial charge in [-0.25, -0.2) is 0 Å². The van der Waals surface area contributed by atoms with E-state index in [-0.39, 0.29) is 11.1 Å². The predicted molar refractivity (Wildman–Crippen MR) is 138 cm³/mol. The maximum absolute atomic E-state index is 11.3. The number of hydrogen-bond acceptors (Lipinski definition) is 4. The summed E-state index contributed by atoms with van der Waals surface area (Å²) in [5.74, 6) is 0. The van der Waals surface area contributed by atoms with Crippen LogP contribution in [0.2, 0.25) is 18.1 Å². The molecule has 4 nitrogen and oxygen atoms in total. The minimum Gasteiger partial charge on any atom is -0.415 e. The molecule has 5 heteroatoms. The van der Waals surface area contributed by atoms with Crippen LogP contribution in [0, 0.1) is 0 Å². The molecule has 0 saturated heterocycles. The fourth-order valence-corrected chi connectivity index (χ4v) is 4.48. The molecule has 0 unspecified atom stereocenters. The highest BCUT2D eigenvalue weighted by Crippen LogP contribution is 2.37. The Morgan fingerprint density at radius 2 is 1.44 bits per heavy atom. The van der Waals surface area contributed by atoms with Gasteiger partial charge in [0.15, 0.2) is 8.32 Å². The van der Waals surface area contributed by atoms with Crippen molar-refractivity contribution in [2.75, 3.05) is 19.7 Å². The molecule has 0 spiro atoms. The van der Waals surface area contributed by atoms with E-state index in [0.29, 0.717) is 13.2 Å². The first-order valence-corrected chi connectivity index (χ1v) is 14.9. The van der Waals surface area contributed by atoms with Crippen LogP contribution in [0.3, 0.4) is 0 Å². The third-order valence-electron chi connectivity index (χ3n) is 6.57. The molecule has 2 aromatic carbocycles. The van der Waals surface area contributed by atoms with Gasteiger partial charge in [0.25, 0.3) is 0 Å². The Morgan fingerprint density at radius 3 is 1.88 bits per heavy atom. The van der Waals surface area contributed by atoms with Gasteiger partial charge in [-0.2, -0.15) is 0 Å². The SMILES string of the molecule is CCCNC[C@H](O)[C@H](CO[Si](C)(C)C(C)(C)C)N(Cc1ccccc1)Cc1ccccc1. The Hall–Kier alpha value is -1.50. The molecule has 0 aliphatic rings. The van der Waals surface area contributed by atoms with Crippen LogP contribution in [0.1, 0.15) is 45.2 Å². The van der Waals surface area contributed by atoms with Crippen LogP contribution < -0.4 is 5.32 Å². The first kappa shape index (κ1) is 26.7. The Bertz CT molecular complexity index is 721. The number of nitrogens with zero attached hydrogens (tertiary/aromatic N) is 1. The largest absolute Gasteiger partial charge is 0.415 e. The van der Waals surface area contributed by atoms with Gasteiger partial charge in [-0.1, -0.05) is 88.4 Å². The molecule has 0 heterocycles. The van der Waals surface area contributed by atoms with Crippen LogP contribution in [0.4, 0.5) is 0 Å². The lowest BCUT2D eigenvalue weighted by atomic mass is 10.1. The van der Waals surface area contributed by atoms with Crippen molar-refractivity contribution in [3.8, 4) is 0 Å². The lowest BCUT2D eigenvalue weighted by molar-refractivity contribution is 0.0107. The number of aliphatic hydroxyl groups is 1. The first-order valence-electron chi connectivity index (χ1n) is 12.0. The maximum Gasteiger partial charge on any atom is 0.192 e. The molecule has 2 atom stereocenters. The van der Waals surface area contributed by atoms with Gasteiger partial charge in [0.05, 0.1) is 18.8 Å². The van der Waals surface area contributed by atoms with Crippen LogP contribution >= 0.6 is 0 Å². The van der Waals surface area contributed by atoms with Crippen molar-refractivity contribution in [2.45, 2.75) is 77.5 Å². The van der Waals surface area contributed by atoms with Gasteiger partial charge < -0.3 is 14.8 Å². The lowest BCUT2D eigenvalue weighted by Gasteiger charge is -2.41. The molecular weight excluding hydrogens is 412 g/mol. The normalized spacial score (nSPS) is 14.5. The highest BCUT2D eigenvalue weighted by Gasteiger charge is 2.39. The van der Waals surface area contributed by atoms with Gasteiger partial charge in [-0.05, 0) is 42.2 Å². The molecular formula is C27H44N2O2Si. The van der Waals surface area contributed by atoms with Gasteiger partial charge in [0, 0.05) is 19.6 Å². The van der Waals surface area contributed by atoms with E-state index < -0.39 is 14.4 Å². The second kappa shape index (κ2) is 12.7. The monoisotopic (exact) mass is 456 g/mol. The van der Waals surface area contributed by atoms with Crippen molar-refractivity contribution in [3.05, 3.63) is 71.8 Å². The second-order valence-electron chi connectivity index (χ2n) is 10.3. The zero-order chi connectivity index (χ0) is 23.6. The summed E-state index contributed by atoms with van der Waals surface area (Å²) < 4.78 is 6.65. The van der Waals surface area contributed by atoms with E-state index >= 15 is 0 Å². The minimum absolute atomic E-state index is 0.103. The van der Waals surface area contributed by atoms with Gasteiger partial charge in [-0.15, -0.1) is 0 Å². The van der Waals surface area contributed by atoms with Crippen molar-refractivity contribution in [3.63, 3.8) is 0 Å². The molecule has 178 valence electrons. The van der Waals surface area contributed by atoms with Crippen LogP contribution in [-0.2, 0) is 17.5 Å². The fraction of sp³-hybridized carbons (Fsp3) is 0.556. The average molecular weight is 457 g/mol. The zero-order valence-electron chi connectivity index (χ0n) is 21.0. The second-order valence-corrected chi connectivity index (χ2v) is 15.1. The average Bonchev–Trinajstić information content (AvgIpc) is 2.74. The Labute approximate surface area is 197 Å². The van der Waals surface area contributed by atoms with Crippen molar-refractivity contribution in [1.82, 2.24) is 10.2 Å². The van der Waals surface area contributed by atoms with Crippen LogP contribution in [-0.4, -0.2) is 50.2 Å². The molecule has 0 radical (unpaired) electrons. The van der Waals surface area contributed by atoms with Crippen molar-refractivity contribution in [1.29, 1.82) is 0 Å². The standard InChI is InChI=1S/C27H44N2O2Si/c1-7-18-28-19-26(30)25(22-31-32(5,6)27(2,3)4)29(20-23-14-10-8-11-15-23)21-24-16-12-9-13-17-24/h8-17,25-26,28,30H,7,18-22H2,1-6H3/t25-,26-/m0/s1. The van der Waals surface area contributed by atoms with E-state index in [9.17, 15) is 5.11 Å². The number of hydrogen-bond donors (Lipinski definition) is 2. The number of benzene rings is 2. The molecule has 0 aromatic heterocycles. The highest BCUT2D eigenvalue weighted by atomic mass is 28.4. The van der Waals surface area contributed by atoms with Crippen molar-refractivity contribution in [2.24, 2.45) is 0 Å². The van der Waals surface area contributed by atoms with E-state index in [1.54, 1.807) is 0 Å². The Morgan fingerprint density at radius 1 is 0.938 bits per heavy atom. The predicted octanol–water partition coefficient (Wildman–Crippen LogP) is 5.44. The molecule has 0 aliphatic heterocycles. The molecule has 2 N–H and O–H groups in total. The zero-order valence-corrected chi connectivity index (χ0v) is 22.0. The van der Waals surface area contributed by atoms with Crippen molar-refractivity contribution < 1.29 is 9.53 Å².